The maximum Gasteiger partial charge on any atom is 0.330 e. The zero-order chi connectivity index (χ0) is 12.8. The zero-order valence-electron chi connectivity index (χ0n) is 11.3. The van der Waals surface area contributed by atoms with Crippen LogP contribution in [0.1, 0.15) is 34.6 Å². The highest BCUT2D eigenvalue weighted by Crippen LogP contribution is 2.46. The molecule has 0 radical (unpaired) electrons. The Balaban J connectivity index is 4.20. The highest BCUT2D eigenvalue weighted by Gasteiger charge is 2.27. The molecular weight excluding hydrogens is 225 g/mol. The van der Waals surface area contributed by atoms with Crippen LogP contribution in [0.15, 0.2) is 0 Å². The van der Waals surface area contributed by atoms with Gasteiger partial charge >= 0.3 is 7.60 Å². The lowest BCUT2D eigenvalue weighted by Crippen LogP contribution is -2.49. The molecule has 0 aromatic rings. The summed E-state index contributed by atoms with van der Waals surface area (Å²) in [4.78, 5) is 9.53. The molecule has 0 aromatic carbocycles. The van der Waals surface area contributed by atoms with Gasteiger partial charge in [-0.3, -0.25) is 4.57 Å². The maximum absolute atomic E-state index is 11.6. The second kappa shape index (κ2) is 6.75. The summed E-state index contributed by atoms with van der Waals surface area (Å²) in [7, 11) is -3.39. The molecule has 1 unspecified atom stereocenters. The van der Waals surface area contributed by atoms with Crippen molar-refractivity contribution in [2.45, 2.75) is 40.3 Å². The molecule has 0 aromatic heterocycles. The van der Waals surface area contributed by atoms with Crippen LogP contribution in [0, 0.1) is 0 Å². The number of quaternary nitrogens is 1. The van der Waals surface area contributed by atoms with Crippen molar-refractivity contribution in [3.05, 3.63) is 0 Å². The minimum Gasteiger partial charge on any atom is -0.324 e. The third-order valence-electron chi connectivity index (χ3n) is 3.51. The maximum atomic E-state index is 11.6. The predicted octanol–water partition coefficient (Wildman–Crippen LogP) is 2.47. The average Bonchev–Trinajstić information content (AvgIpc) is 2.25. The van der Waals surface area contributed by atoms with Crippen LogP contribution >= 0.6 is 7.60 Å². The van der Waals surface area contributed by atoms with Crippen LogP contribution < -0.4 is 0 Å². The van der Waals surface area contributed by atoms with Gasteiger partial charge in [-0.1, -0.05) is 13.8 Å². The minimum absolute atomic E-state index is 0.320. The number of hydrogen-bond donors (Lipinski definition) is 1. The molecule has 0 saturated carbocycles. The molecule has 5 heteroatoms. The van der Waals surface area contributed by atoms with Crippen molar-refractivity contribution in [2.24, 2.45) is 0 Å². The molecule has 0 heterocycles. The van der Waals surface area contributed by atoms with Crippen LogP contribution in [0.3, 0.4) is 0 Å². The second-order valence-electron chi connectivity index (χ2n) is 4.51. The molecule has 0 aliphatic heterocycles. The van der Waals surface area contributed by atoms with E-state index in [1.807, 2.05) is 0 Å². The summed E-state index contributed by atoms with van der Waals surface area (Å²) in [5.41, 5.74) is -0.320. The third kappa shape index (κ3) is 4.54. The molecule has 0 amide bonds. The first kappa shape index (κ1) is 16.1. The number of rotatable bonds is 8. The summed E-state index contributed by atoms with van der Waals surface area (Å²) in [6.45, 7) is 14.1. The lowest BCUT2D eigenvalue weighted by molar-refractivity contribution is -0.923. The fourth-order valence-corrected chi connectivity index (χ4v) is 2.30. The molecule has 0 saturated heterocycles. The highest BCUT2D eigenvalue weighted by molar-refractivity contribution is 7.53. The van der Waals surface area contributed by atoms with Gasteiger partial charge in [-0.05, 0) is 20.8 Å². The Hall–Kier alpha value is 0.110. The van der Waals surface area contributed by atoms with Gasteiger partial charge in [0.2, 0.25) is 0 Å². The van der Waals surface area contributed by atoms with Gasteiger partial charge in [0, 0.05) is 0 Å². The zero-order valence-corrected chi connectivity index (χ0v) is 12.2. The van der Waals surface area contributed by atoms with E-state index in [1.165, 1.54) is 0 Å². The molecule has 1 atom stereocenters. The minimum atomic E-state index is -3.39. The first-order valence-corrected chi connectivity index (χ1v) is 7.80. The van der Waals surface area contributed by atoms with Crippen molar-refractivity contribution in [3.63, 3.8) is 0 Å². The normalized spacial score (nSPS) is 16.4. The van der Waals surface area contributed by atoms with Crippen molar-refractivity contribution >= 4 is 7.60 Å². The highest BCUT2D eigenvalue weighted by atomic mass is 31.2. The molecule has 4 nitrogen and oxygen atoms in total. The summed E-state index contributed by atoms with van der Waals surface area (Å²) in [6.07, 6.45) is 0. The molecule has 0 bridgehead atoms. The van der Waals surface area contributed by atoms with Gasteiger partial charge in [-0.2, -0.15) is 0 Å². The average molecular weight is 252 g/mol. The Morgan fingerprint density at radius 3 is 1.94 bits per heavy atom. The molecule has 0 aliphatic carbocycles. The van der Waals surface area contributed by atoms with E-state index >= 15 is 0 Å². The van der Waals surface area contributed by atoms with Crippen LogP contribution in [0.2, 0.25) is 0 Å². The van der Waals surface area contributed by atoms with E-state index < -0.39 is 7.60 Å². The van der Waals surface area contributed by atoms with E-state index in [-0.39, 0.29) is 5.66 Å². The third-order valence-corrected chi connectivity index (χ3v) is 5.36. The Labute approximate surface area is 99.7 Å². The van der Waals surface area contributed by atoms with Crippen LogP contribution in [-0.2, 0) is 9.09 Å². The standard InChI is InChI=1S/C11H26NO3P/c1-6-12(7-2,8-3)9-10-15-16(13,14)11(4)5/h11H,6-10H2,1-5H3/p+1. The summed E-state index contributed by atoms with van der Waals surface area (Å²) < 4.78 is 17.7. The molecule has 98 valence electrons. The van der Waals surface area contributed by atoms with Crippen LogP contribution in [-0.4, -0.2) is 47.8 Å². The topological polar surface area (TPSA) is 46.5 Å². The van der Waals surface area contributed by atoms with Crippen molar-refractivity contribution in [1.82, 2.24) is 0 Å². The smallest absolute Gasteiger partial charge is 0.324 e. The van der Waals surface area contributed by atoms with Gasteiger partial charge in [-0.25, -0.2) is 0 Å². The Kier molecular flexibility index (Phi) is 6.80. The molecule has 1 N–H and O–H groups in total. The van der Waals surface area contributed by atoms with Gasteiger partial charge < -0.3 is 13.9 Å². The van der Waals surface area contributed by atoms with E-state index in [9.17, 15) is 9.46 Å². The monoisotopic (exact) mass is 252 g/mol. The number of hydrogen-bond acceptors (Lipinski definition) is 2. The van der Waals surface area contributed by atoms with Gasteiger partial charge in [0.05, 0.1) is 25.3 Å². The number of likely N-dealkylation sites (N-methyl/N-ethyl adjacent to an activating group) is 1. The van der Waals surface area contributed by atoms with Gasteiger partial charge in [0.1, 0.15) is 13.2 Å². The molecular formula is C11H27NO3P+. The molecule has 0 aliphatic rings. The molecule has 16 heavy (non-hydrogen) atoms. The fourth-order valence-electron chi connectivity index (χ4n) is 1.66. The van der Waals surface area contributed by atoms with Crippen LogP contribution in [0.5, 0.6) is 0 Å². The van der Waals surface area contributed by atoms with Crippen molar-refractivity contribution in [3.8, 4) is 0 Å². The van der Waals surface area contributed by atoms with Gasteiger partial charge in [0.25, 0.3) is 0 Å². The summed E-state index contributed by atoms with van der Waals surface area (Å²) in [6, 6.07) is 0. The largest absolute Gasteiger partial charge is 0.330 e. The van der Waals surface area contributed by atoms with E-state index in [2.05, 4.69) is 20.8 Å². The lowest BCUT2D eigenvalue weighted by atomic mass is 10.3. The predicted molar refractivity (Wildman–Crippen MR) is 67.7 cm³/mol. The molecule has 0 spiro atoms. The van der Waals surface area contributed by atoms with Crippen molar-refractivity contribution < 1.29 is 18.5 Å². The van der Waals surface area contributed by atoms with E-state index in [4.69, 9.17) is 4.52 Å². The summed E-state index contributed by atoms with van der Waals surface area (Å²) in [5.74, 6) is 0. The van der Waals surface area contributed by atoms with Crippen molar-refractivity contribution in [1.29, 1.82) is 0 Å². The van der Waals surface area contributed by atoms with Gasteiger partial charge in [-0.15, -0.1) is 0 Å². The number of nitrogens with zero attached hydrogens (tertiary/aromatic N) is 1. The Bertz CT molecular complexity index is 231. The second-order valence-corrected chi connectivity index (χ2v) is 6.92. The van der Waals surface area contributed by atoms with E-state index in [0.717, 1.165) is 30.7 Å². The first-order chi connectivity index (χ1) is 7.33. The molecule has 0 fully saturated rings. The van der Waals surface area contributed by atoms with Crippen LogP contribution in [0.25, 0.3) is 0 Å². The Morgan fingerprint density at radius 1 is 1.19 bits per heavy atom. The summed E-state index contributed by atoms with van der Waals surface area (Å²) in [5, 5.41) is 0. The van der Waals surface area contributed by atoms with Crippen molar-refractivity contribution in [2.75, 3.05) is 32.8 Å². The van der Waals surface area contributed by atoms with Gasteiger partial charge in [0.15, 0.2) is 0 Å². The molecule has 0 rings (SSSR count). The van der Waals surface area contributed by atoms with Crippen LogP contribution in [0.4, 0.5) is 0 Å². The Morgan fingerprint density at radius 2 is 1.62 bits per heavy atom. The first-order valence-electron chi connectivity index (χ1n) is 6.15. The SMILES string of the molecule is CC[N+](CC)(CC)CCOP(=O)(O)C(C)C. The van der Waals surface area contributed by atoms with E-state index in [0.29, 0.717) is 6.61 Å². The lowest BCUT2D eigenvalue weighted by Gasteiger charge is -2.35. The summed E-state index contributed by atoms with van der Waals surface area (Å²) >= 11 is 0. The fraction of sp³-hybridized carbons (Fsp3) is 1.00. The quantitative estimate of drug-likeness (QED) is 0.533. The van der Waals surface area contributed by atoms with E-state index in [1.54, 1.807) is 13.8 Å².